The molecule has 0 aliphatic carbocycles. The van der Waals surface area contributed by atoms with E-state index >= 15 is 0 Å². The SMILES string of the molecule is CC[C@](C)(C(=O)Nc1ccc(N2CCOCC2)cc1)N(Cc1cccnc1)C(=O)CSc1nc(C)cc(C)n1. The molecule has 206 valence electrons. The van der Waals surface area contributed by atoms with Gasteiger partial charge in [0.25, 0.3) is 0 Å². The number of anilines is 2. The van der Waals surface area contributed by atoms with E-state index in [4.69, 9.17) is 4.74 Å². The van der Waals surface area contributed by atoms with Crippen molar-refractivity contribution in [3.8, 4) is 0 Å². The molecule has 1 aromatic carbocycles. The summed E-state index contributed by atoms with van der Waals surface area (Å²) in [6, 6.07) is 13.4. The van der Waals surface area contributed by atoms with Crippen molar-refractivity contribution in [3.05, 3.63) is 71.8 Å². The fraction of sp³-hybridized carbons (Fsp3) is 0.414. The molecule has 0 bridgehead atoms. The zero-order valence-corrected chi connectivity index (χ0v) is 23.8. The molecule has 1 aliphatic heterocycles. The third kappa shape index (κ3) is 7.33. The fourth-order valence-corrected chi connectivity index (χ4v) is 5.32. The molecule has 1 N–H and O–H groups in total. The summed E-state index contributed by atoms with van der Waals surface area (Å²) < 4.78 is 5.44. The minimum Gasteiger partial charge on any atom is -0.378 e. The van der Waals surface area contributed by atoms with Crippen LogP contribution in [-0.4, -0.2) is 69.3 Å². The van der Waals surface area contributed by atoms with Gasteiger partial charge in [0.15, 0.2) is 5.16 Å². The van der Waals surface area contributed by atoms with E-state index in [1.165, 1.54) is 11.8 Å². The largest absolute Gasteiger partial charge is 0.378 e. The molecule has 0 spiro atoms. The van der Waals surface area contributed by atoms with E-state index in [1.54, 1.807) is 17.3 Å². The number of amides is 2. The second kappa shape index (κ2) is 13.0. The van der Waals surface area contributed by atoms with Gasteiger partial charge in [-0.15, -0.1) is 0 Å². The summed E-state index contributed by atoms with van der Waals surface area (Å²) in [5.41, 5.74) is 3.22. The normalized spacial score (nSPS) is 14.9. The summed E-state index contributed by atoms with van der Waals surface area (Å²) in [6.45, 7) is 10.9. The van der Waals surface area contributed by atoms with Crippen LogP contribution in [0.4, 0.5) is 11.4 Å². The predicted octanol–water partition coefficient (Wildman–Crippen LogP) is 4.25. The van der Waals surface area contributed by atoms with Crippen LogP contribution in [0, 0.1) is 13.8 Å². The molecule has 3 aromatic rings. The van der Waals surface area contributed by atoms with Gasteiger partial charge >= 0.3 is 0 Å². The highest BCUT2D eigenvalue weighted by molar-refractivity contribution is 7.99. The molecule has 10 heteroatoms. The first kappa shape index (κ1) is 28.5. The second-order valence-electron chi connectivity index (χ2n) is 9.79. The van der Waals surface area contributed by atoms with Gasteiger partial charge in [-0.25, -0.2) is 9.97 Å². The molecule has 1 aliphatic rings. The lowest BCUT2D eigenvalue weighted by molar-refractivity contribution is -0.143. The number of nitrogens with one attached hydrogen (secondary N) is 1. The van der Waals surface area contributed by atoms with E-state index < -0.39 is 5.54 Å². The number of morpholine rings is 1. The molecule has 1 fully saturated rings. The highest BCUT2D eigenvalue weighted by atomic mass is 32.2. The Bertz CT molecular complexity index is 1250. The van der Waals surface area contributed by atoms with E-state index in [1.807, 2.05) is 70.2 Å². The van der Waals surface area contributed by atoms with Crippen LogP contribution in [0.15, 0.2) is 60.0 Å². The van der Waals surface area contributed by atoms with E-state index in [0.717, 1.165) is 35.7 Å². The Hall–Kier alpha value is -3.50. The molecule has 2 amide bonds. The van der Waals surface area contributed by atoms with Crippen molar-refractivity contribution >= 4 is 35.0 Å². The second-order valence-corrected chi connectivity index (χ2v) is 10.7. The predicted molar refractivity (Wildman–Crippen MR) is 154 cm³/mol. The van der Waals surface area contributed by atoms with Crippen molar-refractivity contribution < 1.29 is 14.3 Å². The number of carbonyl (C=O) groups is 2. The Morgan fingerprint density at radius 2 is 1.79 bits per heavy atom. The number of pyridine rings is 1. The van der Waals surface area contributed by atoms with Crippen molar-refractivity contribution in [2.24, 2.45) is 0 Å². The average molecular weight is 549 g/mol. The molecule has 39 heavy (non-hydrogen) atoms. The third-order valence-corrected chi connectivity index (χ3v) is 7.76. The van der Waals surface area contributed by atoms with Crippen LogP contribution < -0.4 is 10.2 Å². The Balaban J connectivity index is 1.52. The number of nitrogens with zero attached hydrogens (tertiary/aromatic N) is 5. The van der Waals surface area contributed by atoms with Crippen molar-refractivity contribution in [2.45, 2.75) is 51.4 Å². The molecule has 9 nitrogen and oxygen atoms in total. The van der Waals surface area contributed by atoms with Crippen LogP contribution >= 0.6 is 11.8 Å². The maximum Gasteiger partial charge on any atom is 0.250 e. The summed E-state index contributed by atoms with van der Waals surface area (Å²) in [4.78, 5) is 44.5. The molecule has 3 heterocycles. The Kier molecular flexibility index (Phi) is 9.53. The first-order valence-corrected chi connectivity index (χ1v) is 14.2. The summed E-state index contributed by atoms with van der Waals surface area (Å²) in [7, 11) is 0. The summed E-state index contributed by atoms with van der Waals surface area (Å²) in [6.07, 6.45) is 3.84. The van der Waals surface area contributed by atoms with E-state index in [9.17, 15) is 9.59 Å². The number of thioether (sulfide) groups is 1. The van der Waals surface area contributed by atoms with Crippen molar-refractivity contribution in [1.29, 1.82) is 0 Å². The number of benzene rings is 1. The Labute approximate surface area is 234 Å². The molecular formula is C29H36N6O3S. The molecule has 0 saturated carbocycles. The smallest absolute Gasteiger partial charge is 0.250 e. The van der Waals surface area contributed by atoms with Crippen LogP contribution in [-0.2, 0) is 20.9 Å². The third-order valence-electron chi connectivity index (χ3n) is 6.93. The van der Waals surface area contributed by atoms with Gasteiger partial charge in [-0.2, -0.15) is 0 Å². The lowest BCUT2D eigenvalue weighted by atomic mass is 9.93. The number of hydrogen-bond acceptors (Lipinski definition) is 8. The average Bonchev–Trinajstić information content (AvgIpc) is 2.95. The highest BCUT2D eigenvalue weighted by Gasteiger charge is 2.41. The van der Waals surface area contributed by atoms with Gasteiger partial charge in [0.1, 0.15) is 5.54 Å². The maximum atomic E-state index is 13.8. The van der Waals surface area contributed by atoms with Gasteiger partial charge in [0, 0.05) is 54.8 Å². The molecule has 1 atom stereocenters. The van der Waals surface area contributed by atoms with E-state index in [-0.39, 0.29) is 24.1 Å². The van der Waals surface area contributed by atoms with Crippen LogP contribution in [0.25, 0.3) is 0 Å². The standard InChI is InChI=1S/C29H36N6O3S/c1-5-29(4,27(37)33-24-8-10-25(11-9-24)34-13-15-38-16-14-34)35(19-23-7-6-12-30-18-23)26(36)20-39-28-31-21(2)17-22(3)32-28/h6-12,17-18H,5,13-16,19-20H2,1-4H3,(H,33,37)/t29-/m1/s1. The minimum atomic E-state index is -1.10. The monoisotopic (exact) mass is 548 g/mol. The minimum absolute atomic E-state index is 0.111. The fourth-order valence-electron chi connectivity index (χ4n) is 4.49. The zero-order chi connectivity index (χ0) is 27.8. The topological polar surface area (TPSA) is 101 Å². The number of aromatic nitrogens is 3. The number of ether oxygens (including phenoxy) is 1. The number of aryl methyl sites for hydroxylation is 2. The molecule has 0 radical (unpaired) electrons. The molecule has 0 unspecified atom stereocenters. The van der Waals surface area contributed by atoms with E-state index in [0.29, 0.717) is 30.5 Å². The summed E-state index contributed by atoms with van der Waals surface area (Å²) in [5.74, 6) is -0.303. The number of carbonyl (C=O) groups excluding carboxylic acids is 2. The van der Waals surface area contributed by atoms with Gasteiger partial charge in [-0.05, 0) is 69.2 Å². The molecule has 1 saturated heterocycles. The first-order chi connectivity index (χ1) is 18.8. The van der Waals surface area contributed by atoms with Crippen LogP contribution in [0.5, 0.6) is 0 Å². The van der Waals surface area contributed by atoms with Gasteiger partial charge in [-0.1, -0.05) is 24.8 Å². The molecule has 2 aromatic heterocycles. The molecular weight excluding hydrogens is 512 g/mol. The van der Waals surface area contributed by atoms with Gasteiger partial charge in [0.2, 0.25) is 11.8 Å². The van der Waals surface area contributed by atoms with Crippen LogP contribution in [0.2, 0.25) is 0 Å². The Morgan fingerprint density at radius 1 is 1.10 bits per heavy atom. The Morgan fingerprint density at radius 3 is 2.41 bits per heavy atom. The zero-order valence-electron chi connectivity index (χ0n) is 23.0. The quantitative estimate of drug-likeness (QED) is 0.296. The number of rotatable bonds is 10. The highest BCUT2D eigenvalue weighted by Crippen LogP contribution is 2.27. The first-order valence-electron chi connectivity index (χ1n) is 13.2. The van der Waals surface area contributed by atoms with Gasteiger partial charge in [0.05, 0.1) is 19.0 Å². The van der Waals surface area contributed by atoms with Crippen molar-refractivity contribution in [1.82, 2.24) is 19.9 Å². The van der Waals surface area contributed by atoms with Crippen molar-refractivity contribution in [3.63, 3.8) is 0 Å². The van der Waals surface area contributed by atoms with Gasteiger partial charge in [-0.3, -0.25) is 14.6 Å². The molecule has 4 rings (SSSR count). The summed E-state index contributed by atoms with van der Waals surface area (Å²) in [5, 5.41) is 3.60. The number of hydrogen-bond donors (Lipinski definition) is 1. The van der Waals surface area contributed by atoms with Crippen LogP contribution in [0.1, 0.15) is 37.2 Å². The van der Waals surface area contributed by atoms with Gasteiger partial charge < -0.3 is 19.9 Å². The lowest BCUT2D eigenvalue weighted by Gasteiger charge is -2.39. The van der Waals surface area contributed by atoms with Crippen molar-refractivity contribution in [2.75, 3.05) is 42.3 Å². The van der Waals surface area contributed by atoms with E-state index in [2.05, 4.69) is 25.2 Å². The maximum absolute atomic E-state index is 13.8. The van der Waals surface area contributed by atoms with Crippen LogP contribution in [0.3, 0.4) is 0 Å². The summed E-state index contributed by atoms with van der Waals surface area (Å²) >= 11 is 1.28. The lowest BCUT2D eigenvalue weighted by Crippen LogP contribution is -2.57.